The molecule has 252 valence electrons. The van der Waals surface area contributed by atoms with Crippen LogP contribution in [0.5, 0.6) is 0 Å². The predicted octanol–water partition coefficient (Wildman–Crippen LogP) is 2.84. The molecule has 3 N–H and O–H groups in total. The zero-order valence-electron chi connectivity index (χ0n) is 27.2. The third-order valence-electron chi connectivity index (χ3n) is 8.51. The van der Waals surface area contributed by atoms with Crippen molar-refractivity contribution in [3.8, 4) is 0 Å². The molecule has 0 saturated carbocycles. The molecule has 0 aliphatic carbocycles. The molecule has 2 fully saturated rings. The van der Waals surface area contributed by atoms with Gasteiger partial charge in [0, 0.05) is 37.0 Å². The van der Waals surface area contributed by atoms with Crippen molar-refractivity contribution in [1.29, 1.82) is 0 Å². The summed E-state index contributed by atoms with van der Waals surface area (Å²) in [6.45, 7) is 9.48. The highest BCUT2D eigenvalue weighted by Crippen LogP contribution is 2.34. The van der Waals surface area contributed by atoms with Crippen molar-refractivity contribution < 1.29 is 37.6 Å². The van der Waals surface area contributed by atoms with Crippen LogP contribution in [0, 0.1) is 11.7 Å². The molecule has 5 amide bonds. The van der Waals surface area contributed by atoms with Gasteiger partial charge in [0.2, 0.25) is 23.6 Å². The minimum absolute atomic E-state index is 0.0654. The summed E-state index contributed by atoms with van der Waals surface area (Å²) in [5.74, 6) is -2.14. The molecule has 0 spiro atoms. The number of carbonyl (C=O) groups is 5. The quantitative estimate of drug-likeness (QED) is 0.356. The van der Waals surface area contributed by atoms with Crippen molar-refractivity contribution in [3.05, 3.63) is 29.7 Å². The summed E-state index contributed by atoms with van der Waals surface area (Å²) in [6.07, 6.45) is 2.38. The van der Waals surface area contributed by atoms with Crippen LogP contribution in [0.15, 0.2) is 22.7 Å². The summed E-state index contributed by atoms with van der Waals surface area (Å²) >= 11 is 0. The third kappa shape index (κ3) is 8.73. The topological polar surface area (TPSA) is 163 Å². The number of hydrogen-bond donors (Lipinski definition) is 3. The van der Waals surface area contributed by atoms with E-state index in [4.69, 9.17) is 9.26 Å². The van der Waals surface area contributed by atoms with Crippen molar-refractivity contribution in [2.45, 2.75) is 90.3 Å². The molecule has 0 bridgehead atoms. The normalized spacial score (nSPS) is 18.6. The van der Waals surface area contributed by atoms with Crippen molar-refractivity contribution in [2.75, 3.05) is 32.7 Å². The molecule has 2 aliphatic rings. The largest absolute Gasteiger partial charge is 0.444 e. The molecular weight excluding hydrogens is 599 g/mol. The maximum atomic E-state index is 13.8. The highest BCUT2D eigenvalue weighted by molar-refractivity contribution is 5.94. The molecule has 3 heterocycles. The van der Waals surface area contributed by atoms with E-state index in [1.807, 2.05) is 13.8 Å². The summed E-state index contributed by atoms with van der Waals surface area (Å²) in [5.41, 5.74) is 0.447. The average Bonchev–Trinajstić information content (AvgIpc) is 3.67. The second kappa shape index (κ2) is 14.9. The van der Waals surface area contributed by atoms with E-state index < -0.39 is 41.4 Å². The molecule has 0 unspecified atom stereocenters. The number of aromatic nitrogens is 1. The first-order chi connectivity index (χ1) is 21.8. The summed E-state index contributed by atoms with van der Waals surface area (Å²) in [7, 11) is 0. The maximum absolute atomic E-state index is 13.8. The Morgan fingerprint density at radius 3 is 2.41 bits per heavy atom. The van der Waals surface area contributed by atoms with E-state index in [9.17, 15) is 28.4 Å². The number of likely N-dealkylation sites (tertiary alicyclic amines) is 2. The van der Waals surface area contributed by atoms with E-state index in [1.165, 1.54) is 12.1 Å². The number of rotatable bonds is 10. The molecular formula is C32H45FN6O7. The number of halogens is 1. The van der Waals surface area contributed by atoms with Crippen molar-refractivity contribution >= 4 is 40.7 Å². The first-order valence-corrected chi connectivity index (χ1v) is 15.9. The molecule has 14 heteroatoms. The molecule has 46 heavy (non-hydrogen) atoms. The van der Waals surface area contributed by atoms with Gasteiger partial charge in [-0.25, -0.2) is 9.18 Å². The minimum Gasteiger partial charge on any atom is -0.444 e. The molecule has 13 nitrogen and oxygen atoms in total. The molecule has 0 radical (unpaired) electrons. The van der Waals surface area contributed by atoms with E-state index in [-0.39, 0.29) is 36.7 Å². The Bertz CT molecular complexity index is 1430. The lowest BCUT2D eigenvalue weighted by Gasteiger charge is -2.36. The number of amides is 5. The van der Waals surface area contributed by atoms with Crippen LogP contribution < -0.4 is 16.0 Å². The summed E-state index contributed by atoms with van der Waals surface area (Å²) in [6, 6.07) is 2.86. The Labute approximate surface area is 267 Å². The van der Waals surface area contributed by atoms with E-state index in [0.717, 1.165) is 11.1 Å². The van der Waals surface area contributed by atoms with Gasteiger partial charge in [-0.05, 0) is 64.5 Å². The Morgan fingerprint density at radius 2 is 1.74 bits per heavy atom. The number of nitrogens with one attached hydrogen (secondary N) is 3. The van der Waals surface area contributed by atoms with E-state index in [2.05, 4.69) is 21.1 Å². The molecule has 3 atom stereocenters. The fraction of sp³-hybridized carbons (Fsp3) is 0.625. The van der Waals surface area contributed by atoms with Gasteiger partial charge < -0.3 is 35.0 Å². The van der Waals surface area contributed by atoms with Gasteiger partial charge in [0.15, 0.2) is 5.58 Å². The zero-order chi connectivity index (χ0) is 33.6. The summed E-state index contributed by atoms with van der Waals surface area (Å²) in [4.78, 5) is 67.6. The minimum atomic E-state index is -0.876. The smallest absolute Gasteiger partial charge is 0.408 e. The van der Waals surface area contributed by atoms with Crippen LogP contribution in [0.1, 0.15) is 78.3 Å². The fourth-order valence-electron chi connectivity index (χ4n) is 5.89. The van der Waals surface area contributed by atoms with Gasteiger partial charge in [-0.1, -0.05) is 25.4 Å². The maximum Gasteiger partial charge on any atom is 0.408 e. The number of hydrogen-bond acceptors (Lipinski definition) is 8. The van der Waals surface area contributed by atoms with E-state index in [1.54, 1.807) is 36.6 Å². The lowest BCUT2D eigenvalue weighted by molar-refractivity contribution is -0.147. The van der Waals surface area contributed by atoms with Crippen LogP contribution in [-0.4, -0.2) is 95.1 Å². The lowest BCUT2D eigenvalue weighted by atomic mass is 9.91. The standard InChI is InChI=1S/C32H45FN6O7/c1-6-19(2)27(36-26(41)18-34-25(40)17-35-31(44)45-32(3,4)5)30(43)39-13-7-8-23(39)29(42)38-14-11-20(12-15-38)28-22-10-9-21(33)16-24(22)46-37-28/h9-10,16,19-20,23,27H,6-8,11-15,17-18H2,1-5H3,(H,34,40)(H,35,44)(H,36,41)/t19-,23-,27-/m0/s1. The van der Waals surface area contributed by atoms with Crippen LogP contribution in [0.3, 0.4) is 0 Å². The van der Waals surface area contributed by atoms with Gasteiger partial charge in [0.25, 0.3) is 0 Å². The van der Waals surface area contributed by atoms with Gasteiger partial charge >= 0.3 is 6.09 Å². The molecule has 4 rings (SSSR count). The van der Waals surface area contributed by atoms with E-state index in [0.29, 0.717) is 57.3 Å². The number of piperidine rings is 1. The average molecular weight is 645 g/mol. The van der Waals surface area contributed by atoms with Crippen LogP contribution in [0.4, 0.5) is 9.18 Å². The van der Waals surface area contributed by atoms with Crippen LogP contribution in [-0.2, 0) is 23.9 Å². The highest BCUT2D eigenvalue weighted by Gasteiger charge is 2.41. The van der Waals surface area contributed by atoms with Crippen LogP contribution in [0.25, 0.3) is 11.0 Å². The Hall–Kier alpha value is -4.23. The Balaban J connectivity index is 1.30. The van der Waals surface area contributed by atoms with Crippen molar-refractivity contribution in [2.24, 2.45) is 5.92 Å². The van der Waals surface area contributed by atoms with Gasteiger partial charge in [-0.2, -0.15) is 0 Å². The summed E-state index contributed by atoms with van der Waals surface area (Å²) < 4.78 is 24.0. The second-order valence-corrected chi connectivity index (χ2v) is 13.1. The SMILES string of the molecule is CC[C@H](C)[C@H](NC(=O)CNC(=O)CNC(=O)OC(C)(C)C)C(=O)N1CCC[C@H]1C(=O)N1CCC(c2noc3cc(F)ccc23)CC1. The number of ether oxygens (including phenoxy) is 1. The first kappa shape index (κ1) is 34.6. The number of fused-ring (bicyclic) bond motifs is 1. The number of carbonyl (C=O) groups excluding carboxylic acids is 5. The highest BCUT2D eigenvalue weighted by atomic mass is 19.1. The zero-order valence-corrected chi connectivity index (χ0v) is 27.2. The molecule has 2 aromatic rings. The van der Waals surface area contributed by atoms with Crippen LogP contribution in [0.2, 0.25) is 0 Å². The molecule has 1 aromatic carbocycles. The first-order valence-electron chi connectivity index (χ1n) is 15.9. The van der Waals surface area contributed by atoms with Crippen molar-refractivity contribution in [1.82, 2.24) is 30.9 Å². The second-order valence-electron chi connectivity index (χ2n) is 13.1. The predicted molar refractivity (Wildman–Crippen MR) is 166 cm³/mol. The van der Waals surface area contributed by atoms with Gasteiger partial charge in [-0.3, -0.25) is 19.2 Å². The lowest BCUT2D eigenvalue weighted by Crippen LogP contribution is -2.57. The third-order valence-corrected chi connectivity index (χ3v) is 8.51. The molecule has 2 aliphatic heterocycles. The number of benzene rings is 1. The molecule has 2 saturated heterocycles. The molecule has 1 aromatic heterocycles. The number of alkyl carbamates (subject to hydrolysis) is 1. The Morgan fingerprint density at radius 1 is 1.04 bits per heavy atom. The Kier molecular flexibility index (Phi) is 11.2. The van der Waals surface area contributed by atoms with E-state index >= 15 is 0 Å². The summed E-state index contributed by atoms with van der Waals surface area (Å²) in [5, 5.41) is 12.5. The van der Waals surface area contributed by atoms with Crippen LogP contribution >= 0.6 is 0 Å². The monoisotopic (exact) mass is 644 g/mol. The van der Waals surface area contributed by atoms with Crippen molar-refractivity contribution in [3.63, 3.8) is 0 Å². The van der Waals surface area contributed by atoms with Gasteiger partial charge in [0.05, 0.1) is 12.2 Å². The van der Waals surface area contributed by atoms with Gasteiger partial charge in [0.1, 0.15) is 30.0 Å². The van der Waals surface area contributed by atoms with Gasteiger partial charge in [-0.15, -0.1) is 0 Å². The number of nitrogens with zero attached hydrogens (tertiary/aromatic N) is 3. The fourth-order valence-corrected chi connectivity index (χ4v) is 5.89.